The number of hydrogen-bond acceptors (Lipinski definition) is 3. The Bertz CT molecular complexity index is 294. The van der Waals surface area contributed by atoms with E-state index in [-0.39, 0.29) is 6.04 Å². The summed E-state index contributed by atoms with van der Waals surface area (Å²) in [5.74, 6) is 0.454. The van der Waals surface area contributed by atoms with Crippen molar-refractivity contribution in [2.45, 2.75) is 26.3 Å². The number of hydrogen-bond donors (Lipinski definition) is 1. The van der Waals surface area contributed by atoms with Crippen molar-refractivity contribution >= 4 is 27.3 Å². The minimum absolute atomic E-state index is 0.121. The molecule has 0 saturated carbocycles. The Kier molecular flexibility index (Phi) is 5.26. The molecule has 2 atom stereocenters. The van der Waals surface area contributed by atoms with Crippen molar-refractivity contribution in [3.05, 3.63) is 20.3 Å². The van der Waals surface area contributed by atoms with Crippen LogP contribution in [0.3, 0.4) is 0 Å². The summed E-state index contributed by atoms with van der Waals surface area (Å²) < 4.78 is 6.25. The third kappa shape index (κ3) is 3.55. The molecule has 1 heterocycles. The molecule has 0 saturated heterocycles. The van der Waals surface area contributed by atoms with Crippen LogP contribution in [-0.2, 0) is 4.74 Å². The van der Waals surface area contributed by atoms with Gasteiger partial charge in [0, 0.05) is 24.6 Å². The highest BCUT2D eigenvalue weighted by atomic mass is 79.9. The number of ether oxygens (including phenoxy) is 1. The smallest absolute Gasteiger partial charge is 0.0731 e. The summed E-state index contributed by atoms with van der Waals surface area (Å²) in [6.45, 7) is 5.05. The molecule has 4 heteroatoms. The SMILES string of the molecule is COCCC(C)C(N)c1cc(C)c(Br)s1. The van der Waals surface area contributed by atoms with Crippen molar-refractivity contribution in [2.75, 3.05) is 13.7 Å². The van der Waals surface area contributed by atoms with Gasteiger partial charge >= 0.3 is 0 Å². The first kappa shape index (κ1) is 13.2. The van der Waals surface area contributed by atoms with Crippen LogP contribution >= 0.6 is 27.3 Å². The van der Waals surface area contributed by atoms with Gasteiger partial charge in [-0.15, -0.1) is 11.3 Å². The van der Waals surface area contributed by atoms with Gasteiger partial charge in [0.2, 0.25) is 0 Å². The largest absolute Gasteiger partial charge is 0.385 e. The lowest BCUT2D eigenvalue weighted by molar-refractivity contribution is 0.175. The fourth-order valence-electron chi connectivity index (χ4n) is 1.41. The monoisotopic (exact) mass is 291 g/mol. The highest BCUT2D eigenvalue weighted by Gasteiger charge is 2.17. The number of thiophene rings is 1. The minimum atomic E-state index is 0.121. The zero-order chi connectivity index (χ0) is 11.4. The summed E-state index contributed by atoms with van der Waals surface area (Å²) in [4.78, 5) is 1.25. The number of nitrogens with two attached hydrogens (primary N) is 1. The molecule has 1 aromatic rings. The zero-order valence-electron chi connectivity index (χ0n) is 9.42. The molecule has 0 aliphatic rings. The number of halogens is 1. The number of aryl methyl sites for hydroxylation is 1. The van der Waals surface area contributed by atoms with E-state index in [0.29, 0.717) is 5.92 Å². The van der Waals surface area contributed by atoms with Crippen molar-refractivity contribution < 1.29 is 4.74 Å². The summed E-state index contributed by atoms with van der Waals surface area (Å²) in [5, 5.41) is 0. The molecule has 0 fully saturated rings. The maximum Gasteiger partial charge on any atom is 0.0731 e. The maximum atomic E-state index is 6.20. The standard InChI is InChI=1S/C11H18BrNOS/c1-7(4-5-14-3)10(13)9-6-8(2)11(12)15-9/h6-7,10H,4-5,13H2,1-3H3. The second-order valence-electron chi connectivity index (χ2n) is 3.89. The van der Waals surface area contributed by atoms with Crippen LogP contribution in [0.1, 0.15) is 29.8 Å². The van der Waals surface area contributed by atoms with E-state index in [4.69, 9.17) is 10.5 Å². The summed E-state index contributed by atoms with van der Waals surface area (Å²) in [6.07, 6.45) is 1.01. The Hall–Kier alpha value is 0.1000. The first-order valence-electron chi connectivity index (χ1n) is 5.06. The average molecular weight is 292 g/mol. The average Bonchev–Trinajstić information content (AvgIpc) is 2.54. The summed E-state index contributed by atoms with van der Waals surface area (Å²) in [6, 6.07) is 2.29. The number of methoxy groups -OCH3 is 1. The van der Waals surface area contributed by atoms with Crippen LogP contribution in [0.25, 0.3) is 0 Å². The summed E-state index contributed by atoms with van der Waals surface area (Å²) in [5.41, 5.74) is 7.46. The topological polar surface area (TPSA) is 35.2 Å². The van der Waals surface area contributed by atoms with Crippen molar-refractivity contribution in [1.82, 2.24) is 0 Å². The highest BCUT2D eigenvalue weighted by Crippen LogP contribution is 2.33. The third-order valence-electron chi connectivity index (χ3n) is 2.60. The van der Waals surface area contributed by atoms with Gasteiger partial charge in [-0.3, -0.25) is 0 Å². The molecule has 0 bridgehead atoms. The van der Waals surface area contributed by atoms with Gasteiger partial charge in [0.1, 0.15) is 0 Å². The predicted octanol–water partition coefficient (Wildman–Crippen LogP) is 3.49. The second-order valence-corrected chi connectivity index (χ2v) is 6.29. The van der Waals surface area contributed by atoms with Gasteiger partial charge in [-0.2, -0.15) is 0 Å². The fourth-order valence-corrected chi connectivity index (χ4v) is 3.12. The van der Waals surface area contributed by atoms with Crippen LogP contribution in [0, 0.1) is 12.8 Å². The van der Waals surface area contributed by atoms with E-state index >= 15 is 0 Å². The van der Waals surface area contributed by atoms with Gasteiger partial charge in [-0.25, -0.2) is 0 Å². The van der Waals surface area contributed by atoms with Gasteiger partial charge < -0.3 is 10.5 Å². The molecule has 0 amide bonds. The highest BCUT2D eigenvalue weighted by molar-refractivity contribution is 9.11. The lowest BCUT2D eigenvalue weighted by Gasteiger charge is -2.17. The van der Waals surface area contributed by atoms with E-state index < -0.39 is 0 Å². The number of rotatable bonds is 5. The molecule has 0 aromatic carbocycles. The lowest BCUT2D eigenvalue weighted by atomic mass is 9.98. The molecule has 86 valence electrons. The van der Waals surface area contributed by atoms with Crippen LogP contribution in [0.2, 0.25) is 0 Å². The van der Waals surface area contributed by atoms with E-state index in [1.54, 1.807) is 18.4 Å². The van der Waals surface area contributed by atoms with Crippen LogP contribution in [0.15, 0.2) is 9.85 Å². The van der Waals surface area contributed by atoms with Crippen molar-refractivity contribution in [1.29, 1.82) is 0 Å². The zero-order valence-corrected chi connectivity index (χ0v) is 11.8. The Morgan fingerprint density at radius 2 is 2.27 bits per heavy atom. The van der Waals surface area contributed by atoms with Crippen molar-refractivity contribution in [2.24, 2.45) is 11.7 Å². The van der Waals surface area contributed by atoms with Crippen molar-refractivity contribution in [3.63, 3.8) is 0 Å². The van der Waals surface area contributed by atoms with Crippen LogP contribution in [0.4, 0.5) is 0 Å². The molecular formula is C11H18BrNOS. The first-order valence-corrected chi connectivity index (χ1v) is 6.67. The molecule has 1 aromatic heterocycles. The Labute approximate surface area is 104 Å². The first-order chi connectivity index (χ1) is 7.06. The van der Waals surface area contributed by atoms with Gasteiger partial charge in [-0.1, -0.05) is 6.92 Å². The summed E-state index contributed by atoms with van der Waals surface area (Å²) >= 11 is 5.26. The Balaban J connectivity index is 2.62. The lowest BCUT2D eigenvalue weighted by Crippen LogP contribution is -2.19. The molecule has 0 radical (unpaired) electrons. The Morgan fingerprint density at radius 3 is 2.73 bits per heavy atom. The van der Waals surface area contributed by atoms with E-state index in [2.05, 4.69) is 35.8 Å². The summed E-state index contributed by atoms with van der Waals surface area (Å²) in [7, 11) is 1.73. The molecule has 2 nitrogen and oxygen atoms in total. The van der Waals surface area contributed by atoms with Crippen LogP contribution < -0.4 is 5.73 Å². The van der Waals surface area contributed by atoms with E-state index in [0.717, 1.165) is 13.0 Å². The minimum Gasteiger partial charge on any atom is -0.385 e. The predicted molar refractivity (Wildman–Crippen MR) is 69.3 cm³/mol. The van der Waals surface area contributed by atoms with E-state index in [1.807, 2.05) is 0 Å². The van der Waals surface area contributed by atoms with Gasteiger partial charge in [0.25, 0.3) is 0 Å². The molecule has 2 unspecified atom stereocenters. The maximum absolute atomic E-state index is 6.20. The fraction of sp³-hybridized carbons (Fsp3) is 0.636. The van der Waals surface area contributed by atoms with Gasteiger partial charge in [0.05, 0.1) is 3.79 Å². The van der Waals surface area contributed by atoms with Crippen LogP contribution in [-0.4, -0.2) is 13.7 Å². The normalized spacial score (nSPS) is 15.3. The molecule has 2 N–H and O–H groups in total. The molecule has 0 aliphatic heterocycles. The molecule has 0 spiro atoms. The second kappa shape index (κ2) is 5.99. The Morgan fingerprint density at radius 1 is 1.60 bits per heavy atom. The van der Waals surface area contributed by atoms with Crippen molar-refractivity contribution in [3.8, 4) is 0 Å². The molecule has 0 aliphatic carbocycles. The van der Waals surface area contributed by atoms with Gasteiger partial charge in [-0.05, 0) is 46.8 Å². The van der Waals surface area contributed by atoms with Crippen LogP contribution in [0.5, 0.6) is 0 Å². The molecular weight excluding hydrogens is 274 g/mol. The quantitative estimate of drug-likeness (QED) is 0.901. The van der Waals surface area contributed by atoms with E-state index in [9.17, 15) is 0 Å². The molecule has 15 heavy (non-hydrogen) atoms. The third-order valence-corrected chi connectivity index (χ3v) is 4.83. The molecule has 1 rings (SSSR count). The van der Waals surface area contributed by atoms with E-state index in [1.165, 1.54) is 14.2 Å². The van der Waals surface area contributed by atoms with Gasteiger partial charge in [0.15, 0.2) is 0 Å².